The first-order valence-electron chi connectivity index (χ1n) is 10.6. The highest BCUT2D eigenvalue weighted by Gasteiger charge is 2.22. The lowest BCUT2D eigenvalue weighted by Gasteiger charge is -2.21. The van der Waals surface area contributed by atoms with Crippen molar-refractivity contribution in [2.75, 3.05) is 38.7 Å². The molecule has 1 aromatic heterocycles. The van der Waals surface area contributed by atoms with Gasteiger partial charge < -0.3 is 9.64 Å². The van der Waals surface area contributed by atoms with Crippen LogP contribution >= 0.6 is 22.9 Å². The van der Waals surface area contributed by atoms with E-state index in [0.717, 1.165) is 47.3 Å². The van der Waals surface area contributed by atoms with Gasteiger partial charge in [0.05, 0.1) is 16.8 Å². The molecule has 0 N–H and O–H groups in total. The molecule has 0 spiro atoms. The number of carbonyl (C=O) groups excluding carboxylic acids is 1. The van der Waals surface area contributed by atoms with Crippen molar-refractivity contribution < 1.29 is 9.53 Å². The molecule has 0 atom stereocenters. The first kappa shape index (κ1) is 23.5. The summed E-state index contributed by atoms with van der Waals surface area (Å²) >= 11 is 7.73. The number of aryl methyl sites for hydroxylation is 1. The van der Waals surface area contributed by atoms with Gasteiger partial charge >= 0.3 is 0 Å². The second-order valence-electron chi connectivity index (χ2n) is 7.91. The van der Waals surface area contributed by atoms with Crippen LogP contribution in [0, 0.1) is 6.92 Å². The average molecular weight is 460 g/mol. The van der Waals surface area contributed by atoms with Gasteiger partial charge in [-0.05, 0) is 82.4 Å². The van der Waals surface area contributed by atoms with Crippen LogP contribution in [0.5, 0.6) is 5.75 Å². The zero-order valence-corrected chi connectivity index (χ0v) is 20.2. The molecule has 0 aliphatic carbocycles. The molecule has 0 aliphatic heterocycles. The molecule has 0 unspecified atom stereocenters. The number of thiazole rings is 1. The van der Waals surface area contributed by atoms with E-state index in [1.54, 1.807) is 4.90 Å². The molecule has 7 heteroatoms. The summed E-state index contributed by atoms with van der Waals surface area (Å²) in [6.07, 6.45) is 2.96. The molecule has 0 bridgehead atoms. The van der Waals surface area contributed by atoms with E-state index in [9.17, 15) is 4.79 Å². The van der Waals surface area contributed by atoms with E-state index in [1.165, 1.54) is 11.3 Å². The second-order valence-corrected chi connectivity index (χ2v) is 9.35. The van der Waals surface area contributed by atoms with Crippen LogP contribution in [0.25, 0.3) is 10.2 Å². The van der Waals surface area contributed by atoms with Crippen LogP contribution in [0.1, 0.15) is 42.1 Å². The molecule has 3 aromatic rings. The highest BCUT2D eigenvalue weighted by Crippen LogP contribution is 2.33. The van der Waals surface area contributed by atoms with E-state index in [-0.39, 0.29) is 5.91 Å². The van der Waals surface area contributed by atoms with E-state index in [0.29, 0.717) is 28.9 Å². The lowest BCUT2D eigenvalue weighted by molar-refractivity contribution is 0.0986. The third kappa shape index (κ3) is 6.19. The number of unbranched alkanes of at least 4 members (excludes halogenated alkanes) is 1. The fraction of sp³-hybridized carbons (Fsp3) is 0.417. The normalized spacial score (nSPS) is 11.3. The van der Waals surface area contributed by atoms with Gasteiger partial charge in [-0.2, -0.15) is 0 Å². The van der Waals surface area contributed by atoms with Crippen LogP contribution < -0.4 is 9.64 Å². The number of carbonyl (C=O) groups is 1. The smallest absolute Gasteiger partial charge is 0.260 e. The maximum Gasteiger partial charge on any atom is 0.260 e. The fourth-order valence-electron chi connectivity index (χ4n) is 3.27. The Balaban J connectivity index is 1.86. The molecule has 0 saturated heterocycles. The Bertz CT molecular complexity index is 1020. The molecule has 2 aromatic carbocycles. The maximum atomic E-state index is 13.4. The van der Waals surface area contributed by atoms with Crippen molar-refractivity contribution in [1.82, 2.24) is 9.88 Å². The van der Waals surface area contributed by atoms with Gasteiger partial charge in [0.15, 0.2) is 5.13 Å². The minimum Gasteiger partial charge on any atom is -0.494 e. The highest BCUT2D eigenvalue weighted by atomic mass is 35.5. The summed E-state index contributed by atoms with van der Waals surface area (Å²) in [6, 6.07) is 11.2. The van der Waals surface area contributed by atoms with E-state index in [4.69, 9.17) is 21.3 Å². The molecular formula is C24H30ClN3O2S. The minimum absolute atomic E-state index is 0.0540. The Kier molecular flexibility index (Phi) is 8.29. The topological polar surface area (TPSA) is 45.7 Å². The molecule has 166 valence electrons. The van der Waals surface area contributed by atoms with Crippen LogP contribution in [0.2, 0.25) is 5.02 Å². The van der Waals surface area contributed by atoms with Crippen molar-refractivity contribution in [3.8, 4) is 5.75 Å². The number of aromatic nitrogens is 1. The quantitative estimate of drug-likeness (QED) is 0.347. The Labute approximate surface area is 193 Å². The molecule has 31 heavy (non-hydrogen) atoms. The predicted molar refractivity (Wildman–Crippen MR) is 131 cm³/mol. The summed E-state index contributed by atoms with van der Waals surface area (Å²) in [7, 11) is 4.07. The fourth-order valence-corrected chi connectivity index (χ4v) is 4.72. The largest absolute Gasteiger partial charge is 0.494 e. The van der Waals surface area contributed by atoms with Crippen LogP contribution in [0.3, 0.4) is 0 Å². The summed E-state index contributed by atoms with van der Waals surface area (Å²) in [4.78, 5) is 22.1. The minimum atomic E-state index is -0.0540. The van der Waals surface area contributed by atoms with Gasteiger partial charge in [-0.1, -0.05) is 36.3 Å². The van der Waals surface area contributed by atoms with Crippen molar-refractivity contribution in [3.05, 3.63) is 52.5 Å². The monoisotopic (exact) mass is 459 g/mol. The van der Waals surface area contributed by atoms with E-state index >= 15 is 0 Å². The number of hydrogen-bond donors (Lipinski definition) is 0. The average Bonchev–Trinajstić information content (AvgIpc) is 3.15. The molecule has 1 heterocycles. The third-order valence-electron chi connectivity index (χ3n) is 4.97. The van der Waals surface area contributed by atoms with E-state index < -0.39 is 0 Å². The summed E-state index contributed by atoms with van der Waals surface area (Å²) in [6.45, 7) is 6.30. The number of rotatable bonds is 10. The number of amides is 1. The van der Waals surface area contributed by atoms with Crippen molar-refractivity contribution in [3.63, 3.8) is 0 Å². The van der Waals surface area contributed by atoms with Crippen LogP contribution in [0.4, 0.5) is 5.13 Å². The number of anilines is 1. The van der Waals surface area contributed by atoms with Crippen LogP contribution in [0.15, 0.2) is 36.4 Å². The van der Waals surface area contributed by atoms with Gasteiger partial charge in [0.25, 0.3) is 5.91 Å². The molecule has 5 nitrogen and oxygen atoms in total. The Morgan fingerprint density at radius 2 is 1.87 bits per heavy atom. The lowest BCUT2D eigenvalue weighted by atomic mass is 10.2. The van der Waals surface area contributed by atoms with Gasteiger partial charge in [0.1, 0.15) is 5.75 Å². The molecular weight excluding hydrogens is 430 g/mol. The van der Waals surface area contributed by atoms with Gasteiger partial charge in [0.2, 0.25) is 0 Å². The Morgan fingerprint density at radius 1 is 1.13 bits per heavy atom. The van der Waals surface area contributed by atoms with Crippen molar-refractivity contribution in [2.24, 2.45) is 0 Å². The van der Waals surface area contributed by atoms with E-state index in [2.05, 4.69) is 11.8 Å². The molecule has 1 amide bonds. The zero-order valence-electron chi connectivity index (χ0n) is 18.7. The van der Waals surface area contributed by atoms with Crippen LogP contribution in [-0.2, 0) is 0 Å². The van der Waals surface area contributed by atoms with Crippen LogP contribution in [-0.4, -0.2) is 49.6 Å². The number of nitrogens with zero attached hydrogens (tertiary/aromatic N) is 3. The van der Waals surface area contributed by atoms with Crippen molar-refractivity contribution in [1.29, 1.82) is 0 Å². The Hall–Kier alpha value is -2.15. The molecule has 0 aliphatic rings. The number of halogens is 1. The second kappa shape index (κ2) is 10.9. The summed E-state index contributed by atoms with van der Waals surface area (Å²) in [5.41, 5.74) is 2.54. The SMILES string of the molecule is CCCCOc1ccc(C(=O)N(CCCN(C)C)c2nc3c(C)cc(Cl)cc3s2)cc1. The first-order chi connectivity index (χ1) is 14.9. The highest BCUT2D eigenvalue weighted by molar-refractivity contribution is 7.22. The third-order valence-corrected chi connectivity index (χ3v) is 6.21. The summed E-state index contributed by atoms with van der Waals surface area (Å²) < 4.78 is 6.72. The molecule has 3 rings (SSSR count). The summed E-state index contributed by atoms with van der Waals surface area (Å²) in [5, 5.41) is 1.39. The number of ether oxygens (including phenoxy) is 1. The molecule has 0 fully saturated rings. The number of benzene rings is 2. The van der Waals surface area contributed by atoms with Crippen molar-refractivity contribution >= 4 is 44.2 Å². The van der Waals surface area contributed by atoms with Crippen molar-refractivity contribution in [2.45, 2.75) is 33.1 Å². The van der Waals surface area contributed by atoms with E-state index in [1.807, 2.05) is 57.4 Å². The van der Waals surface area contributed by atoms with Gasteiger partial charge in [0, 0.05) is 17.1 Å². The van der Waals surface area contributed by atoms with Gasteiger partial charge in [-0.15, -0.1) is 0 Å². The first-order valence-corrected chi connectivity index (χ1v) is 11.8. The maximum absolute atomic E-state index is 13.4. The molecule has 0 radical (unpaired) electrons. The number of hydrogen-bond acceptors (Lipinski definition) is 5. The predicted octanol–water partition coefficient (Wildman–Crippen LogP) is 6.04. The lowest BCUT2D eigenvalue weighted by Crippen LogP contribution is -2.33. The zero-order chi connectivity index (χ0) is 22.4. The number of fused-ring (bicyclic) bond motifs is 1. The van der Waals surface area contributed by atoms with Gasteiger partial charge in [-0.3, -0.25) is 9.69 Å². The molecule has 0 saturated carbocycles. The van der Waals surface area contributed by atoms with Gasteiger partial charge in [-0.25, -0.2) is 4.98 Å². The summed E-state index contributed by atoms with van der Waals surface area (Å²) in [5.74, 6) is 0.732. The standard InChI is InChI=1S/C24H30ClN3O2S/c1-5-6-14-30-20-10-8-18(9-11-20)23(29)28(13-7-12-27(3)4)24-26-22-17(2)15-19(25)16-21(22)31-24/h8-11,15-16H,5-7,12-14H2,1-4H3. The Morgan fingerprint density at radius 3 is 2.55 bits per heavy atom.